The number of benzene rings is 1. The number of anilines is 1. The summed E-state index contributed by atoms with van der Waals surface area (Å²) < 4.78 is 62.1. The quantitative estimate of drug-likeness (QED) is 0.512. The highest BCUT2D eigenvalue weighted by molar-refractivity contribution is 7.89. The molecule has 2 N–H and O–H groups in total. The van der Waals surface area contributed by atoms with Gasteiger partial charge in [0.05, 0.1) is 10.2 Å². The molecule has 1 aliphatic rings. The highest BCUT2D eigenvalue weighted by Gasteiger charge is 2.38. The van der Waals surface area contributed by atoms with Gasteiger partial charge in [-0.3, -0.25) is 4.79 Å². The zero-order valence-electron chi connectivity index (χ0n) is 15.2. The lowest BCUT2D eigenvalue weighted by molar-refractivity contribution is -0.192. The monoisotopic (exact) mass is 494 g/mol. The van der Waals surface area contributed by atoms with Crippen molar-refractivity contribution in [2.75, 3.05) is 5.32 Å². The van der Waals surface area contributed by atoms with Gasteiger partial charge in [-0.25, -0.2) is 9.78 Å². The zero-order valence-corrected chi connectivity index (χ0v) is 17.7. The maximum absolute atomic E-state index is 12.2. The van der Waals surface area contributed by atoms with E-state index in [2.05, 4.69) is 10.3 Å². The minimum atomic E-state index is -5.08. The molecule has 8 nitrogen and oxygen atoms in total. The predicted molar refractivity (Wildman–Crippen MR) is 107 cm³/mol. The van der Waals surface area contributed by atoms with Crippen LogP contribution in [-0.4, -0.2) is 36.6 Å². The van der Waals surface area contributed by atoms with E-state index in [4.69, 9.17) is 14.1 Å². The second-order valence-corrected chi connectivity index (χ2v) is 9.94. The SMILES string of the molecule is O=C(Nc1nc2ccc(OS(=O)(=O)c3cccs3)cc2s1)C1CC1.O=C(O)C(F)(F)F. The van der Waals surface area contributed by atoms with Crippen molar-refractivity contribution in [3.63, 3.8) is 0 Å². The largest absolute Gasteiger partial charge is 0.490 e. The number of rotatable bonds is 5. The number of hydrogen-bond donors (Lipinski definition) is 2. The number of alkyl halides is 3. The molecule has 0 aliphatic heterocycles. The van der Waals surface area contributed by atoms with Crippen LogP contribution in [0.3, 0.4) is 0 Å². The number of carboxylic acid groups (broad SMARTS) is 1. The second kappa shape index (κ2) is 8.80. The summed E-state index contributed by atoms with van der Waals surface area (Å²) in [5, 5.41) is 12.1. The molecule has 0 saturated heterocycles. The van der Waals surface area contributed by atoms with E-state index in [1.165, 1.54) is 17.4 Å². The third-order valence-electron chi connectivity index (χ3n) is 3.73. The first kappa shape index (κ1) is 23.0. The number of carboxylic acids is 1. The van der Waals surface area contributed by atoms with Crippen molar-refractivity contribution in [2.45, 2.75) is 23.2 Å². The van der Waals surface area contributed by atoms with Crippen LogP contribution in [0.4, 0.5) is 18.3 Å². The summed E-state index contributed by atoms with van der Waals surface area (Å²) >= 11 is 2.40. The summed E-state index contributed by atoms with van der Waals surface area (Å²) in [5.74, 6) is -2.44. The molecule has 14 heteroatoms. The lowest BCUT2D eigenvalue weighted by Crippen LogP contribution is -2.21. The average molecular weight is 494 g/mol. The molecule has 4 rings (SSSR count). The van der Waals surface area contributed by atoms with Crippen LogP contribution in [0.15, 0.2) is 39.9 Å². The van der Waals surface area contributed by atoms with Crippen LogP contribution in [0.5, 0.6) is 5.75 Å². The van der Waals surface area contributed by atoms with Crippen LogP contribution in [0.1, 0.15) is 12.8 Å². The number of aliphatic carboxylic acids is 1. The molecular formula is C17H13F3N2O6S3. The minimum Gasteiger partial charge on any atom is -0.475 e. The molecule has 0 radical (unpaired) electrons. The van der Waals surface area contributed by atoms with Crippen LogP contribution in [0, 0.1) is 5.92 Å². The fraction of sp³-hybridized carbons (Fsp3) is 0.235. The van der Waals surface area contributed by atoms with Crippen LogP contribution >= 0.6 is 22.7 Å². The average Bonchev–Trinajstić information content (AvgIpc) is 3.21. The zero-order chi connectivity index (χ0) is 22.8. The third-order valence-corrected chi connectivity index (χ3v) is 7.27. The Hall–Kier alpha value is -2.71. The first-order valence-corrected chi connectivity index (χ1v) is 11.6. The molecule has 166 valence electrons. The van der Waals surface area contributed by atoms with Gasteiger partial charge < -0.3 is 14.6 Å². The van der Waals surface area contributed by atoms with Gasteiger partial charge in [0.15, 0.2) is 9.34 Å². The van der Waals surface area contributed by atoms with Gasteiger partial charge >= 0.3 is 22.3 Å². The second-order valence-electron chi connectivity index (χ2n) is 6.18. The van der Waals surface area contributed by atoms with E-state index >= 15 is 0 Å². The van der Waals surface area contributed by atoms with Gasteiger partial charge in [-0.05, 0) is 36.4 Å². The number of carbonyl (C=O) groups excluding carboxylic acids is 1. The fourth-order valence-corrected chi connectivity index (χ4v) is 4.91. The van der Waals surface area contributed by atoms with Gasteiger partial charge in [0.2, 0.25) is 5.91 Å². The molecule has 0 bridgehead atoms. The molecule has 2 aromatic heterocycles. The van der Waals surface area contributed by atoms with Crippen molar-refractivity contribution in [3.8, 4) is 5.75 Å². The van der Waals surface area contributed by atoms with Gasteiger partial charge in [0.1, 0.15) is 5.75 Å². The van der Waals surface area contributed by atoms with E-state index in [0.29, 0.717) is 10.6 Å². The topological polar surface area (TPSA) is 123 Å². The highest BCUT2D eigenvalue weighted by Crippen LogP contribution is 2.34. The van der Waals surface area contributed by atoms with Gasteiger partial charge in [0.25, 0.3) is 0 Å². The number of halogens is 3. The van der Waals surface area contributed by atoms with E-state index in [1.54, 1.807) is 29.6 Å². The number of carbonyl (C=O) groups is 2. The number of thiophene rings is 1. The third kappa shape index (κ3) is 6.15. The maximum atomic E-state index is 12.2. The van der Waals surface area contributed by atoms with Gasteiger partial charge in [-0.15, -0.1) is 11.3 Å². The Morgan fingerprint density at radius 3 is 2.45 bits per heavy atom. The molecule has 0 atom stereocenters. The number of nitrogens with zero attached hydrogens (tertiary/aromatic N) is 1. The van der Waals surface area contributed by atoms with Crippen LogP contribution in [-0.2, 0) is 19.7 Å². The number of hydrogen-bond acceptors (Lipinski definition) is 8. The van der Waals surface area contributed by atoms with Crippen LogP contribution in [0.2, 0.25) is 0 Å². The number of amides is 1. The smallest absolute Gasteiger partial charge is 0.475 e. The number of thiazole rings is 1. The van der Waals surface area contributed by atoms with Crippen molar-refractivity contribution >= 4 is 60.0 Å². The molecule has 1 saturated carbocycles. The van der Waals surface area contributed by atoms with E-state index in [1.807, 2.05) is 0 Å². The number of fused-ring (bicyclic) bond motifs is 1. The molecule has 31 heavy (non-hydrogen) atoms. The van der Waals surface area contributed by atoms with Crippen LogP contribution in [0.25, 0.3) is 10.2 Å². The molecule has 1 aliphatic carbocycles. The highest BCUT2D eigenvalue weighted by atomic mass is 32.3. The Morgan fingerprint density at radius 1 is 1.23 bits per heavy atom. The van der Waals surface area contributed by atoms with E-state index in [0.717, 1.165) is 28.9 Å². The fourth-order valence-electron chi connectivity index (χ4n) is 2.14. The summed E-state index contributed by atoms with van der Waals surface area (Å²) in [4.78, 5) is 25.0. The molecule has 3 aromatic rings. The van der Waals surface area contributed by atoms with Crippen LogP contribution < -0.4 is 9.50 Å². The van der Waals surface area contributed by atoms with Crippen molar-refractivity contribution < 1.29 is 40.5 Å². The summed E-state index contributed by atoms with van der Waals surface area (Å²) in [7, 11) is -3.82. The maximum Gasteiger partial charge on any atom is 0.490 e. The Labute approximate surface area is 181 Å². The number of aromatic nitrogens is 1. The first-order chi connectivity index (χ1) is 14.5. The Bertz CT molecular complexity index is 1200. The van der Waals surface area contributed by atoms with Crippen molar-refractivity contribution in [2.24, 2.45) is 5.92 Å². The van der Waals surface area contributed by atoms with Crippen molar-refractivity contribution in [1.29, 1.82) is 0 Å². The minimum absolute atomic E-state index is 0.00852. The Kier molecular flexibility index (Phi) is 6.52. The van der Waals surface area contributed by atoms with E-state index < -0.39 is 22.3 Å². The summed E-state index contributed by atoms with van der Waals surface area (Å²) in [6.07, 6.45) is -3.23. The van der Waals surface area contributed by atoms with Crippen molar-refractivity contribution in [3.05, 3.63) is 35.7 Å². The molecule has 0 unspecified atom stereocenters. The molecule has 2 heterocycles. The Balaban J connectivity index is 0.000000339. The lowest BCUT2D eigenvalue weighted by atomic mass is 10.3. The lowest BCUT2D eigenvalue weighted by Gasteiger charge is -2.04. The number of nitrogens with one attached hydrogen (secondary N) is 1. The van der Waals surface area contributed by atoms with Gasteiger partial charge in [0, 0.05) is 12.0 Å². The molecule has 0 spiro atoms. The first-order valence-electron chi connectivity index (χ1n) is 8.45. The molecular weight excluding hydrogens is 481 g/mol. The molecule has 1 aromatic carbocycles. The standard InChI is InChI=1S/C15H12N2O4S3.C2HF3O2/c18-14(9-3-4-9)17-15-16-11-6-5-10(8-12(11)23-15)21-24(19,20)13-2-1-7-22-13;3-2(4,5)1(6)7/h1-2,5-9H,3-4H2,(H,16,17,18);(H,6,7). The summed E-state index contributed by atoms with van der Waals surface area (Å²) in [5.41, 5.74) is 0.687. The Morgan fingerprint density at radius 2 is 1.90 bits per heavy atom. The van der Waals surface area contributed by atoms with E-state index in [9.17, 15) is 26.4 Å². The van der Waals surface area contributed by atoms with Gasteiger partial charge in [-0.2, -0.15) is 21.6 Å². The van der Waals surface area contributed by atoms with Crippen molar-refractivity contribution in [1.82, 2.24) is 4.98 Å². The summed E-state index contributed by atoms with van der Waals surface area (Å²) in [6, 6.07) is 8.00. The normalized spacial score (nSPS) is 13.9. The van der Waals surface area contributed by atoms with E-state index in [-0.39, 0.29) is 21.8 Å². The summed E-state index contributed by atoms with van der Waals surface area (Å²) in [6.45, 7) is 0. The predicted octanol–water partition coefficient (Wildman–Crippen LogP) is 4.11. The molecule has 1 amide bonds. The van der Waals surface area contributed by atoms with Gasteiger partial charge in [-0.1, -0.05) is 17.4 Å². The molecule has 1 fully saturated rings.